The minimum absolute atomic E-state index is 0.196. The van der Waals surface area contributed by atoms with Crippen LogP contribution in [0.1, 0.15) is 90.0 Å². The Morgan fingerprint density at radius 2 is 1.04 bits per heavy atom. The molecule has 0 bridgehead atoms. The van der Waals surface area contributed by atoms with Crippen molar-refractivity contribution in [3.8, 4) is 12.3 Å². The molecule has 0 aliphatic rings. The van der Waals surface area contributed by atoms with Gasteiger partial charge in [0.1, 0.15) is 5.78 Å². The van der Waals surface area contributed by atoms with Crippen LogP contribution < -0.4 is 0 Å². The summed E-state index contributed by atoms with van der Waals surface area (Å²) in [4.78, 5) is 11.5. The van der Waals surface area contributed by atoms with Crippen LogP contribution in [0.15, 0.2) is 11.6 Å². The quantitative estimate of drug-likeness (QED) is 0.435. The molecule has 0 aliphatic carbocycles. The first-order chi connectivity index (χ1) is 9.84. The Labute approximate surface area is 146 Å². The van der Waals surface area contributed by atoms with Gasteiger partial charge in [0.25, 0.3) is 0 Å². The largest absolute Gasteiger partial charge is 0.391 e. The van der Waals surface area contributed by atoms with E-state index < -0.39 is 5.60 Å². The molecule has 0 rings (SSSR count). The lowest BCUT2D eigenvalue weighted by Crippen LogP contribution is -2.32. The molecule has 0 aliphatic heterocycles. The van der Waals surface area contributed by atoms with Gasteiger partial charge in [-0.2, -0.15) is 0 Å². The summed E-state index contributed by atoms with van der Waals surface area (Å²) in [6.07, 6.45) is 6.68. The Bertz CT molecular complexity index is 335. The maximum absolute atomic E-state index is 11.5. The van der Waals surface area contributed by atoms with Gasteiger partial charge >= 0.3 is 0 Å². The number of hydrogen-bond donors (Lipinski definition) is 1. The number of rotatable bonds is 0. The third-order valence-electron chi connectivity index (χ3n) is 1.94. The third kappa shape index (κ3) is 44.9. The second-order valence-corrected chi connectivity index (χ2v) is 8.65. The number of allylic oxidation sites excluding steroid dienone is 2. The SMILES string of the molecule is C#CC.CC(C)(C)C(=O)C(C)(C)C.CC(C)(C)O.CC=C(C)C. The van der Waals surface area contributed by atoms with Gasteiger partial charge in [-0.1, -0.05) is 53.2 Å². The van der Waals surface area contributed by atoms with Crippen molar-refractivity contribution in [1.82, 2.24) is 0 Å². The summed E-state index contributed by atoms with van der Waals surface area (Å²) < 4.78 is 0. The van der Waals surface area contributed by atoms with Crippen LogP contribution in [0.5, 0.6) is 0 Å². The van der Waals surface area contributed by atoms with Crippen LogP contribution >= 0.6 is 0 Å². The number of terminal acetylenes is 1. The molecule has 2 nitrogen and oxygen atoms in total. The molecular weight excluding hydrogens is 284 g/mol. The smallest absolute Gasteiger partial charge is 0.143 e. The van der Waals surface area contributed by atoms with E-state index in [2.05, 4.69) is 32.3 Å². The zero-order chi connectivity index (χ0) is 20.1. The molecule has 2 heteroatoms. The van der Waals surface area contributed by atoms with Crippen molar-refractivity contribution in [1.29, 1.82) is 0 Å². The standard InChI is InChI=1S/C9H18O.C5H10.C4H10O.C3H4/c1-8(2,3)7(10)9(4,5)6;1-4-5(2)3;1-4(2,3)5;1-3-2/h1-6H3;4H,1-3H3;5H,1-3H3;1H,2H3. The highest BCUT2D eigenvalue weighted by atomic mass is 16.3. The minimum Gasteiger partial charge on any atom is -0.391 e. The summed E-state index contributed by atoms with van der Waals surface area (Å²) in [5.74, 6) is 2.57. The van der Waals surface area contributed by atoms with Crippen molar-refractivity contribution < 1.29 is 9.90 Å². The average Bonchev–Trinajstić information content (AvgIpc) is 2.25. The third-order valence-corrected chi connectivity index (χ3v) is 1.94. The van der Waals surface area contributed by atoms with Crippen LogP contribution in [0.4, 0.5) is 0 Å². The fraction of sp³-hybridized carbons (Fsp3) is 0.762. The molecule has 0 heterocycles. The molecule has 138 valence electrons. The van der Waals surface area contributed by atoms with E-state index in [1.165, 1.54) is 5.57 Å². The van der Waals surface area contributed by atoms with E-state index >= 15 is 0 Å². The number of Topliss-reactive ketones (excluding diaryl/α,β-unsaturated/α-hetero) is 1. The summed E-state index contributed by atoms with van der Waals surface area (Å²) in [5, 5.41) is 8.52. The molecule has 0 unspecified atom stereocenters. The van der Waals surface area contributed by atoms with Crippen LogP contribution in [0, 0.1) is 23.2 Å². The van der Waals surface area contributed by atoms with Gasteiger partial charge in [-0.05, 0) is 48.5 Å². The molecule has 0 aromatic heterocycles. The highest BCUT2D eigenvalue weighted by Crippen LogP contribution is 2.27. The van der Waals surface area contributed by atoms with Crippen molar-refractivity contribution in [3.05, 3.63) is 11.6 Å². The van der Waals surface area contributed by atoms with Gasteiger partial charge < -0.3 is 5.11 Å². The first kappa shape index (κ1) is 29.9. The second-order valence-electron chi connectivity index (χ2n) is 8.65. The van der Waals surface area contributed by atoms with Gasteiger partial charge in [-0.25, -0.2) is 0 Å². The van der Waals surface area contributed by atoms with Crippen LogP contribution in [-0.4, -0.2) is 16.5 Å². The zero-order valence-corrected chi connectivity index (χ0v) is 18.0. The normalized spacial score (nSPS) is 10.3. The van der Waals surface area contributed by atoms with Crippen LogP contribution in [-0.2, 0) is 4.79 Å². The molecule has 0 aromatic rings. The molecule has 0 spiro atoms. The zero-order valence-electron chi connectivity index (χ0n) is 18.0. The molecule has 0 radical (unpaired) electrons. The van der Waals surface area contributed by atoms with Gasteiger partial charge in [0, 0.05) is 10.8 Å². The molecule has 0 aromatic carbocycles. The Morgan fingerprint density at radius 1 is 0.913 bits per heavy atom. The molecule has 23 heavy (non-hydrogen) atoms. The topological polar surface area (TPSA) is 37.3 Å². The number of aliphatic hydroxyl groups is 1. The van der Waals surface area contributed by atoms with E-state index in [1.807, 2.05) is 48.5 Å². The first-order valence-corrected chi connectivity index (χ1v) is 8.08. The lowest BCUT2D eigenvalue weighted by Gasteiger charge is -2.26. The van der Waals surface area contributed by atoms with Gasteiger partial charge in [0.15, 0.2) is 0 Å². The number of carbonyl (C=O) groups excluding carboxylic acids is 1. The fourth-order valence-corrected chi connectivity index (χ4v) is 1.12. The highest BCUT2D eigenvalue weighted by Gasteiger charge is 2.31. The number of carbonyl (C=O) groups is 1. The van der Waals surface area contributed by atoms with E-state index in [0.717, 1.165) is 0 Å². The van der Waals surface area contributed by atoms with Crippen LogP contribution in [0.25, 0.3) is 0 Å². The maximum Gasteiger partial charge on any atom is 0.143 e. The molecular formula is C21H42O2. The predicted octanol–water partition coefficient (Wildman–Crippen LogP) is 6.04. The first-order valence-electron chi connectivity index (χ1n) is 8.08. The van der Waals surface area contributed by atoms with Crippen LogP contribution in [0.3, 0.4) is 0 Å². The van der Waals surface area contributed by atoms with Crippen molar-refractivity contribution in [3.63, 3.8) is 0 Å². The second kappa shape index (κ2) is 13.4. The average molecular weight is 327 g/mol. The number of ketones is 1. The molecule has 0 amide bonds. The summed E-state index contributed by atoms with van der Waals surface area (Å²) in [5.41, 5.74) is 0.487. The Kier molecular flexibility index (Phi) is 17.4. The highest BCUT2D eigenvalue weighted by molar-refractivity contribution is 5.88. The molecule has 0 fully saturated rings. The van der Waals surface area contributed by atoms with E-state index in [1.54, 1.807) is 27.7 Å². The molecule has 1 N–H and O–H groups in total. The van der Waals surface area contributed by atoms with E-state index in [9.17, 15) is 4.79 Å². The van der Waals surface area contributed by atoms with Gasteiger partial charge in [-0.15, -0.1) is 12.3 Å². The lowest BCUT2D eigenvalue weighted by atomic mass is 9.76. The van der Waals surface area contributed by atoms with Crippen molar-refractivity contribution >= 4 is 5.78 Å². The van der Waals surface area contributed by atoms with Crippen molar-refractivity contribution in [2.75, 3.05) is 0 Å². The van der Waals surface area contributed by atoms with E-state index in [-0.39, 0.29) is 10.8 Å². The lowest BCUT2D eigenvalue weighted by molar-refractivity contribution is -0.134. The van der Waals surface area contributed by atoms with E-state index in [4.69, 9.17) is 5.11 Å². The molecule has 0 saturated heterocycles. The summed E-state index contributed by atoms with van der Waals surface area (Å²) in [6, 6.07) is 0. The van der Waals surface area contributed by atoms with Gasteiger partial charge in [0.2, 0.25) is 0 Å². The van der Waals surface area contributed by atoms with Crippen LogP contribution in [0.2, 0.25) is 0 Å². The molecule has 0 saturated carbocycles. The Hall–Kier alpha value is -1.07. The van der Waals surface area contributed by atoms with Crippen molar-refractivity contribution in [2.45, 2.75) is 95.6 Å². The fourth-order valence-electron chi connectivity index (χ4n) is 1.12. The van der Waals surface area contributed by atoms with Crippen molar-refractivity contribution in [2.24, 2.45) is 10.8 Å². The summed E-state index contributed by atoms with van der Waals surface area (Å²) in [7, 11) is 0. The maximum atomic E-state index is 11.5. The Balaban J connectivity index is -0.000000117. The minimum atomic E-state index is -0.500. The van der Waals surface area contributed by atoms with E-state index in [0.29, 0.717) is 5.78 Å². The number of hydrogen-bond acceptors (Lipinski definition) is 2. The summed E-state index contributed by atoms with van der Waals surface area (Å²) in [6.45, 7) is 24.8. The molecule has 0 atom stereocenters. The Morgan fingerprint density at radius 3 is 1.04 bits per heavy atom. The summed E-state index contributed by atoms with van der Waals surface area (Å²) >= 11 is 0. The predicted molar refractivity (Wildman–Crippen MR) is 106 cm³/mol. The van der Waals surface area contributed by atoms with Gasteiger partial charge in [-0.3, -0.25) is 4.79 Å². The van der Waals surface area contributed by atoms with Gasteiger partial charge in [0.05, 0.1) is 5.60 Å². The monoisotopic (exact) mass is 326 g/mol.